The molecule has 6 nitrogen and oxygen atoms in total. The molecule has 0 fully saturated rings. The maximum Gasteiger partial charge on any atom is 0.242 e. The van der Waals surface area contributed by atoms with Crippen LogP contribution in [0.5, 0.6) is 0 Å². The van der Waals surface area contributed by atoms with Crippen LogP contribution in [0.4, 0.5) is 0 Å². The van der Waals surface area contributed by atoms with Crippen LogP contribution in [0.25, 0.3) is 0 Å². The summed E-state index contributed by atoms with van der Waals surface area (Å²) in [5, 5.41) is 8.65. The van der Waals surface area contributed by atoms with Gasteiger partial charge in [0.1, 0.15) is 6.04 Å². The zero-order valence-electron chi connectivity index (χ0n) is 23.1. The molecule has 6 heteroatoms. The van der Waals surface area contributed by atoms with Gasteiger partial charge in [0.05, 0.1) is 0 Å². The van der Waals surface area contributed by atoms with Gasteiger partial charge < -0.3 is 16.0 Å². The molecule has 0 aliphatic rings. The van der Waals surface area contributed by atoms with E-state index in [4.69, 9.17) is 0 Å². The van der Waals surface area contributed by atoms with Crippen molar-refractivity contribution in [3.05, 3.63) is 12.2 Å². The topological polar surface area (TPSA) is 87.3 Å². The highest BCUT2D eigenvalue weighted by Crippen LogP contribution is 2.12. The van der Waals surface area contributed by atoms with Gasteiger partial charge >= 0.3 is 0 Å². The quantitative estimate of drug-likeness (QED) is 0.108. The van der Waals surface area contributed by atoms with Gasteiger partial charge in [-0.2, -0.15) is 0 Å². The number of hydrogen-bond acceptors (Lipinski definition) is 3. The molecule has 3 N–H and O–H groups in total. The Hall–Kier alpha value is -1.85. The van der Waals surface area contributed by atoms with Crippen molar-refractivity contribution in [1.29, 1.82) is 0 Å². The first-order valence-electron chi connectivity index (χ1n) is 14.5. The Balaban J connectivity index is 4.06. The lowest BCUT2D eigenvalue weighted by molar-refractivity contribution is -0.129. The van der Waals surface area contributed by atoms with Gasteiger partial charge in [0, 0.05) is 25.9 Å². The van der Waals surface area contributed by atoms with Gasteiger partial charge in [-0.25, -0.2) is 0 Å². The van der Waals surface area contributed by atoms with E-state index in [0.717, 1.165) is 44.9 Å². The van der Waals surface area contributed by atoms with Gasteiger partial charge in [-0.15, -0.1) is 0 Å². The number of carbonyl (C=O) groups is 3. The first kappa shape index (κ1) is 33.1. The van der Waals surface area contributed by atoms with E-state index in [1.807, 2.05) is 0 Å². The number of unbranched alkanes of at least 4 members (excludes halogenated alkanes) is 12. The zero-order chi connectivity index (χ0) is 26.0. The second-order valence-electron chi connectivity index (χ2n) is 9.65. The van der Waals surface area contributed by atoms with E-state index < -0.39 is 6.04 Å². The van der Waals surface area contributed by atoms with Crippen molar-refractivity contribution in [3.63, 3.8) is 0 Å². The zero-order valence-corrected chi connectivity index (χ0v) is 23.1. The van der Waals surface area contributed by atoms with Crippen molar-refractivity contribution in [3.8, 4) is 0 Å². The molecule has 3 amide bonds. The largest absolute Gasteiger partial charge is 0.356 e. The molecule has 204 valence electrons. The molecule has 0 aromatic carbocycles. The summed E-state index contributed by atoms with van der Waals surface area (Å²) in [5.41, 5.74) is 0. The van der Waals surface area contributed by atoms with Crippen LogP contribution in [0.1, 0.15) is 136 Å². The van der Waals surface area contributed by atoms with Gasteiger partial charge in [-0.05, 0) is 45.4 Å². The minimum atomic E-state index is -0.644. The van der Waals surface area contributed by atoms with Gasteiger partial charge in [0.15, 0.2) is 0 Å². The molecule has 0 saturated heterocycles. The Morgan fingerprint density at radius 3 is 1.77 bits per heavy atom. The Bertz CT molecular complexity index is 563. The molecule has 0 aliphatic carbocycles. The summed E-state index contributed by atoms with van der Waals surface area (Å²) in [6.45, 7) is 7.48. The van der Waals surface area contributed by atoms with Crippen molar-refractivity contribution < 1.29 is 14.4 Å². The minimum Gasteiger partial charge on any atom is -0.356 e. The SMILES string of the molecule is C/C=C/CCCCCCCCCCCCC(=O)N[C@@H](CCC(=O)NCCCC)C(=O)NCCCC. The van der Waals surface area contributed by atoms with Gasteiger partial charge in [0.2, 0.25) is 17.7 Å². The molecule has 0 bridgehead atoms. The molecular weight excluding hydrogens is 438 g/mol. The molecule has 0 unspecified atom stereocenters. The third-order valence-corrected chi connectivity index (χ3v) is 6.25. The Morgan fingerprint density at radius 1 is 0.657 bits per heavy atom. The summed E-state index contributed by atoms with van der Waals surface area (Å²) in [5.74, 6) is -0.340. The third kappa shape index (κ3) is 22.4. The minimum absolute atomic E-state index is 0.0623. The normalized spacial score (nSPS) is 12.0. The lowest BCUT2D eigenvalue weighted by Gasteiger charge is -2.18. The van der Waals surface area contributed by atoms with Crippen LogP contribution in [0.3, 0.4) is 0 Å². The Morgan fingerprint density at radius 2 is 1.20 bits per heavy atom. The van der Waals surface area contributed by atoms with Gasteiger partial charge in [-0.1, -0.05) is 90.2 Å². The third-order valence-electron chi connectivity index (χ3n) is 6.25. The lowest BCUT2D eigenvalue weighted by atomic mass is 10.0. The van der Waals surface area contributed by atoms with Crippen LogP contribution in [0, 0.1) is 0 Å². The van der Waals surface area contributed by atoms with E-state index in [1.54, 1.807) is 0 Å². The van der Waals surface area contributed by atoms with Crippen molar-refractivity contribution in [2.45, 2.75) is 142 Å². The van der Waals surface area contributed by atoms with Crippen LogP contribution in [-0.4, -0.2) is 36.9 Å². The summed E-state index contributed by atoms with van der Waals surface area (Å²) in [6, 6.07) is -0.644. The van der Waals surface area contributed by atoms with Crippen LogP contribution < -0.4 is 16.0 Å². The first-order chi connectivity index (χ1) is 17.0. The van der Waals surface area contributed by atoms with Crippen molar-refractivity contribution >= 4 is 17.7 Å². The highest BCUT2D eigenvalue weighted by Gasteiger charge is 2.21. The fraction of sp³-hybridized carbons (Fsp3) is 0.828. The molecule has 0 radical (unpaired) electrons. The van der Waals surface area contributed by atoms with Crippen molar-refractivity contribution in [2.75, 3.05) is 13.1 Å². The number of amides is 3. The monoisotopic (exact) mass is 493 g/mol. The maximum absolute atomic E-state index is 12.6. The van der Waals surface area contributed by atoms with E-state index >= 15 is 0 Å². The van der Waals surface area contributed by atoms with Crippen LogP contribution >= 0.6 is 0 Å². The summed E-state index contributed by atoms with van der Waals surface area (Å²) in [7, 11) is 0. The van der Waals surface area contributed by atoms with Crippen molar-refractivity contribution in [2.24, 2.45) is 0 Å². The number of hydrogen-bond donors (Lipinski definition) is 3. The predicted molar refractivity (Wildman–Crippen MR) is 147 cm³/mol. The Kier molecular flexibility index (Phi) is 23.9. The van der Waals surface area contributed by atoms with Crippen LogP contribution in [0.2, 0.25) is 0 Å². The first-order valence-corrected chi connectivity index (χ1v) is 14.5. The average Bonchev–Trinajstić information content (AvgIpc) is 2.84. The molecular formula is C29H55N3O3. The summed E-state index contributed by atoms with van der Waals surface area (Å²) < 4.78 is 0. The van der Waals surface area contributed by atoms with Crippen molar-refractivity contribution in [1.82, 2.24) is 16.0 Å². The van der Waals surface area contributed by atoms with E-state index in [1.165, 1.54) is 51.4 Å². The van der Waals surface area contributed by atoms with Crippen LogP contribution in [-0.2, 0) is 14.4 Å². The molecule has 0 aromatic heterocycles. The maximum atomic E-state index is 12.6. The van der Waals surface area contributed by atoms with Gasteiger partial charge in [-0.3, -0.25) is 14.4 Å². The molecule has 0 aliphatic heterocycles. The number of allylic oxidation sites excluding steroid dienone is 2. The Labute approximate surface area is 215 Å². The summed E-state index contributed by atoms with van der Waals surface area (Å²) >= 11 is 0. The molecule has 0 spiro atoms. The van der Waals surface area contributed by atoms with Gasteiger partial charge in [0.25, 0.3) is 0 Å². The highest BCUT2D eigenvalue weighted by molar-refractivity contribution is 5.88. The molecule has 0 heterocycles. The fourth-order valence-electron chi connectivity index (χ4n) is 3.94. The summed E-state index contributed by atoms with van der Waals surface area (Å²) in [4.78, 5) is 37.0. The van der Waals surface area contributed by atoms with E-state index in [2.05, 4.69) is 48.9 Å². The molecule has 0 saturated carbocycles. The highest BCUT2D eigenvalue weighted by atomic mass is 16.2. The summed E-state index contributed by atoms with van der Waals surface area (Å²) in [6.07, 6.45) is 22.6. The molecule has 1 atom stereocenters. The standard InChI is InChI=1S/C29H55N3O3/c1-4-7-10-11-12-13-14-15-16-17-18-19-20-21-28(34)32-26(29(35)31-25-9-6-3)22-23-27(33)30-24-8-5-2/h4,7,26H,5-6,8-25H2,1-3H3,(H,30,33)(H,31,35)(H,32,34)/b7-4+/t26-/m0/s1. The number of rotatable bonds is 24. The predicted octanol–water partition coefficient (Wildman–Crippen LogP) is 6.34. The molecule has 0 rings (SSSR count). The molecule has 0 aromatic rings. The van der Waals surface area contributed by atoms with Crippen LogP contribution in [0.15, 0.2) is 12.2 Å². The average molecular weight is 494 g/mol. The second-order valence-corrected chi connectivity index (χ2v) is 9.65. The van der Waals surface area contributed by atoms with E-state index in [-0.39, 0.29) is 24.1 Å². The van der Waals surface area contributed by atoms with E-state index in [0.29, 0.717) is 25.9 Å². The fourth-order valence-corrected chi connectivity index (χ4v) is 3.94. The number of carbonyl (C=O) groups excluding carboxylic acids is 3. The second kappa shape index (κ2) is 25.2. The smallest absolute Gasteiger partial charge is 0.242 e. The molecule has 35 heavy (non-hydrogen) atoms. The number of nitrogens with one attached hydrogen (secondary N) is 3. The lowest BCUT2D eigenvalue weighted by Crippen LogP contribution is -2.47. The van der Waals surface area contributed by atoms with E-state index in [9.17, 15) is 14.4 Å².